The van der Waals surface area contributed by atoms with Crippen molar-refractivity contribution in [3.63, 3.8) is 0 Å². The minimum Gasteiger partial charge on any atom is -0.268 e. The van der Waals surface area contributed by atoms with Crippen LogP contribution in [-0.2, 0) is 16.4 Å². The summed E-state index contributed by atoms with van der Waals surface area (Å²) in [4.78, 5) is 12.1. The third-order valence-electron chi connectivity index (χ3n) is 3.47. The average molecular weight is 265 g/mol. The molecule has 1 aromatic rings. The van der Waals surface area contributed by atoms with Gasteiger partial charge in [0.05, 0.1) is 5.56 Å². The van der Waals surface area contributed by atoms with Crippen molar-refractivity contribution in [2.75, 3.05) is 7.05 Å². The fourth-order valence-electron chi connectivity index (χ4n) is 2.20. The Morgan fingerprint density at radius 3 is 2.50 bits per heavy atom. The Morgan fingerprint density at radius 1 is 1.33 bits per heavy atom. The average Bonchev–Trinajstić information content (AvgIpc) is 2.48. The van der Waals surface area contributed by atoms with Crippen molar-refractivity contribution in [2.45, 2.75) is 25.2 Å². The van der Waals surface area contributed by atoms with Crippen LogP contribution in [-0.4, -0.2) is 25.7 Å². The standard InChI is InChI=1S/C13H15NO3S/c1-5-6-10-7-11-12(9(3)8(10)2)13(15)14(4)18(11,16)17/h5,7H,1,6H2,2-4H3. The maximum absolute atomic E-state index is 12.1. The Morgan fingerprint density at radius 2 is 1.94 bits per heavy atom. The van der Waals surface area contributed by atoms with Gasteiger partial charge in [0.2, 0.25) is 0 Å². The number of fused-ring (bicyclic) bond motifs is 1. The lowest BCUT2D eigenvalue weighted by atomic mass is 9.96. The molecule has 0 bridgehead atoms. The molecule has 96 valence electrons. The van der Waals surface area contributed by atoms with Crippen LogP contribution in [0.15, 0.2) is 23.6 Å². The molecule has 1 amide bonds. The SMILES string of the molecule is C=CCc1cc2c(c(C)c1C)C(=O)N(C)S2(=O)=O. The van der Waals surface area contributed by atoms with Crippen molar-refractivity contribution < 1.29 is 13.2 Å². The molecule has 5 heteroatoms. The minimum atomic E-state index is -3.66. The summed E-state index contributed by atoms with van der Waals surface area (Å²) < 4.78 is 25.0. The first-order chi connectivity index (χ1) is 8.32. The first-order valence-electron chi connectivity index (χ1n) is 5.59. The fourth-order valence-corrected chi connectivity index (χ4v) is 3.60. The lowest BCUT2D eigenvalue weighted by molar-refractivity contribution is 0.0891. The Hall–Kier alpha value is -1.62. The summed E-state index contributed by atoms with van der Waals surface area (Å²) in [6, 6.07) is 1.59. The van der Waals surface area contributed by atoms with Crippen molar-refractivity contribution >= 4 is 15.9 Å². The first kappa shape index (κ1) is 12.8. The highest BCUT2D eigenvalue weighted by Gasteiger charge is 2.40. The molecule has 4 nitrogen and oxygen atoms in total. The molecule has 0 saturated heterocycles. The van der Waals surface area contributed by atoms with E-state index in [2.05, 4.69) is 6.58 Å². The Bertz CT molecular complexity index is 659. The molecule has 1 aliphatic rings. The van der Waals surface area contributed by atoms with E-state index < -0.39 is 15.9 Å². The minimum absolute atomic E-state index is 0.120. The summed E-state index contributed by atoms with van der Waals surface area (Å²) in [6.45, 7) is 7.34. The molecular weight excluding hydrogens is 250 g/mol. The smallest absolute Gasteiger partial charge is 0.268 e. The molecule has 0 spiro atoms. The molecule has 0 N–H and O–H groups in total. The summed E-state index contributed by atoms with van der Waals surface area (Å²) in [5.74, 6) is -0.448. The van der Waals surface area contributed by atoms with Crippen LogP contribution < -0.4 is 0 Å². The molecule has 1 aromatic carbocycles. The van der Waals surface area contributed by atoms with Gasteiger partial charge in [-0.3, -0.25) is 4.79 Å². The number of sulfonamides is 1. The van der Waals surface area contributed by atoms with Gasteiger partial charge >= 0.3 is 0 Å². The highest BCUT2D eigenvalue weighted by molar-refractivity contribution is 7.90. The van der Waals surface area contributed by atoms with Gasteiger partial charge in [-0.15, -0.1) is 6.58 Å². The molecule has 0 aromatic heterocycles. The van der Waals surface area contributed by atoms with Crippen LogP contribution in [0.25, 0.3) is 0 Å². The van der Waals surface area contributed by atoms with Gasteiger partial charge in [0.25, 0.3) is 15.9 Å². The molecule has 0 saturated carbocycles. The van der Waals surface area contributed by atoms with Crippen LogP contribution in [0.2, 0.25) is 0 Å². The van der Waals surface area contributed by atoms with Gasteiger partial charge in [-0.05, 0) is 43.0 Å². The van der Waals surface area contributed by atoms with Crippen molar-refractivity contribution in [2.24, 2.45) is 0 Å². The van der Waals surface area contributed by atoms with Crippen LogP contribution >= 0.6 is 0 Å². The predicted molar refractivity (Wildman–Crippen MR) is 69.1 cm³/mol. The topological polar surface area (TPSA) is 54.5 Å². The number of carbonyl (C=O) groups excluding carboxylic acids is 1. The van der Waals surface area contributed by atoms with Crippen molar-refractivity contribution in [1.82, 2.24) is 4.31 Å². The molecule has 1 aliphatic heterocycles. The van der Waals surface area contributed by atoms with Crippen LogP contribution in [0.1, 0.15) is 27.0 Å². The zero-order valence-corrected chi connectivity index (χ0v) is 11.5. The number of allylic oxidation sites excluding steroid dienone is 1. The first-order valence-corrected chi connectivity index (χ1v) is 7.03. The van der Waals surface area contributed by atoms with Crippen molar-refractivity contribution in [3.8, 4) is 0 Å². The maximum Gasteiger partial charge on any atom is 0.269 e. The Balaban J connectivity index is 2.84. The van der Waals surface area contributed by atoms with E-state index in [1.165, 1.54) is 7.05 Å². The fraction of sp³-hybridized carbons (Fsp3) is 0.308. The summed E-state index contributed by atoms with van der Waals surface area (Å²) in [6.07, 6.45) is 2.31. The summed E-state index contributed by atoms with van der Waals surface area (Å²) >= 11 is 0. The quantitative estimate of drug-likeness (QED) is 0.766. The van der Waals surface area contributed by atoms with Crippen molar-refractivity contribution in [1.29, 1.82) is 0 Å². The second-order valence-corrected chi connectivity index (χ2v) is 6.37. The third-order valence-corrected chi connectivity index (χ3v) is 5.24. The molecule has 0 unspecified atom stereocenters. The number of carbonyl (C=O) groups is 1. The number of hydrogen-bond acceptors (Lipinski definition) is 3. The number of benzene rings is 1. The molecule has 0 atom stereocenters. The largest absolute Gasteiger partial charge is 0.269 e. The van der Waals surface area contributed by atoms with Gasteiger partial charge in [-0.2, -0.15) is 0 Å². The van der Waals surface area contributed by atoms with E-state index in [9.17, 15) is 13.2 Å². The van der Waals surface area contributed by atoms with E-state index in [0.29, 0.717) is 12.0 Å². The normalized spacial score (nSPS) is 16.8. The zero-order chi connectivity index (χ0) is 13.7. The lowest BCUT2D eigenvalue weighted by Gasteiger charge is -2.10. The third kappa shape index (κ3) is 1.50. The highest BCUT2D eigenvalue weighted by Crippen LogP contribution is 2.34. The van der Waals surface area contributed by atoms with Crippen molar-refractivity contribution in [3.05, 3.63) is 41.0 Å². The van der Waals surface area contributed by atoms with E-state index in [-0.39, 0.29) is 4.90 Å². The molecule has 0 radical (unpaired) electrons. The number of hydrogen-bond donors (Lipinski definition) is 0. The van der Waals surface area contributed by atoms with Gasteiger partial charge in [-0.25, -0.2) is 12.7 Å². The summed E-state index contributed by atoms with van der Waals surface area (Å²) in [5.41, 5.74) is 2.89. The van der Waals surface area contributed by atoms with Crippen LogP contribution in [0.3, 0.4) is 0 Å². The second kappa shape index (κ2) is 3.95. The molecule has 0 fully saturated rings. The number of amides is 1. The van der Waals surface area contributed by atoms with E-state index >= 15 is 0 Å². The Labute approximate surface area is 107 Å². The molecule has 18 heavy (non-hydrogen) atoms. The summed E-state index contributed by atoms with van der Waals surface area (Å²) in [7, 11) is -2.37. The van der Waals surface area contributed by atoms with E-state index in [1.807, 2.05) is 6.92 Å². The zero-order valence-electron chi connectivity index (χ0n) is 10.6. The van der Waals surface area contributed by atoms with Crippen LogP contribution in [0.5, 0.6) is 0 Å². The van der Waals surface area contributed by atoms with Gasteiger partial charge in [0.15, 0.2) is 0 Å². The molecule has 2 rings (SSSR count). The van der Waals surface area contributed by atoms with Crippen LogP contribution in [0.4, 0.5) is 0 Å². The van der Waals surface area contributed by atoms with Gasteiger partial charge in [0, 0.05) is 7.05 Å². The second-order valence-electron chi connectivity index (χ2n) is 4.43. The lowest BCUT2D eigenvalue weighted by Crippen LogP contribution is -2.25. The van der Waals surface area contributed by atoms with Gasteiger partial charge < -0.3 is 0 Å². The van der Waals surface area contributed by atoms with E-state index in [0.717, 1.165) is 21.0 Å². The highest BCUT2D eigenvalue weighted by atomic mass is 32.2. The molecular formula is C13H15NO3S. The molecule has 0 aliphatic carbocycles. The maximum atomic E-state index is 12.1. The molecule has 1 heterocycles. The van der Waals surface area contributed by atoms with Crippen LogP contribution in [0, 0.1) is 13.8 Å². The summed E-state index contributed by atoms with van der Waals surface area (Å²) in [5, 5.41) is 0. The van der Waals surface area contributed by atoms with Gasteiger partial charge in [-0.1, -0.05) is 6.08 Å². The predicted octanol–water partition coefficient (Wildman–Crippen LogP) is 1.81. The monoisotopic (exact) mass is 265 g/mol. The number of nitrogens with zero attached hydrogens (tertiary/aromatic N) is 1. The number of rotatable bonds is 2. The van der Waals surface area contributed by atoms with E-state index in [4.69, 9.17) is 0 Å². The van der Waals surface area contributed by atoms with E-state index in [1.54, 1.807) is 19.1 Å². The Kier molecular flexibility index (Phi) is 2.81. The van der Waals surface area contributed by atoms with Gasteiger partial charge in [0.1, 0.15) is 4.90 Å².